The summed E-state index contributed by atoms with van der Waals surface area (Å²) in [4.78, 5) is 16.0. The first-order valence-electron chi connectivity index (χ1n) is 15.8. The molecule has 0 N–H and O–H groups in total. The molecule has 13 nitrogen and oxygen atoms in total. The summed E-state index contributed by atoms with van der Waals surface area (Å²) in [6, 6.07) is 14.5. The number of sulfonamides is 1. The Morgan fingerprint density at radius 3 is 2.42 bits per heavy atom. The topological polar surface area (TPSA) is 140 Å². The van der Waals surface area contributed by atoms with Crippen LogP contribution in [0.2, 0.25) is 0 Å². The number of fused-ring (bicyclic) bond motifs is 2. The van der Waals surface area contributed by atoms with Crippen molar-refractivity contribution in [1.29, 1.82) is 0 Å². The van der Waals surface area contributed by atoms with E-state index in [1.807, 2.05) is 25.1 Å². The number of aryl methyl sites for hydroxylation is 1. The normalized spacial score (nSPS) is 17.1. The monoisotopic (exact) mass is 711 g/mol. The maximum atomic E-state index is 12.7. The number of hydrogen-bond acceptors (Lipinski definition) is 12. The van der Waals surface area contributed by atoms with E-state index in [0.29, 0.717) is 51.8 Å². The van der Waals surface area contributed by atoms with Crippen LogP contribution in [0.15, 0.2) is 59.6 Å². The van der Waals surface area contributed by atoms with Crippen LogP contribution in [0.4, 0.5) is 5.82 Å². The van der Waals surface area contributed by atoms with Crippen molar-refractivity contribution in [3.8, 4) is 11.4 Å². The maximum absolute atomic E-state index is 12.7. The van der Waals surface area contributed by atoms with Crippen molar-refractivity contribution in [3.05, 3.63) is 65.2 Å². The highest BCUT2D eigenvalue weighted by Crippen LogP contribution is 2.36. The van der Waals surface area contributed by atoms with Gasteiger partial charge in [-0.25, -0.2) is 18.4 Å². The molecule has 5 heterocycles. The zero-order valence-electron chi connectivity index (χ0n) is 26.8. The molecule has 5 aromatic rings. The van der Waals surface area contributed by atoms with E-state index in [2.05, 4.69) is 21.0 Å². The highest BCUT2D eigenvalue weighted by molar-refractivity contribution is 7.88. The van der Waals surface area contributed by atoms with Gasteiger partial charge in [0.1, 0.15) is 0 Å². The van der Waals surface area contributed by atoms with E-state index in [1.54, 1.807) is 46.5 Å². The summed E-state index contributed by atoms with van der Waals surface area (Å²) < 4.78 is 64.6. The molecule has 0 radical (unpaired) electrons. The molecule has 2 aliphatic heterocycles. The van der Waals surface area contributed by atoms with Gasteiger partial charge in [-0.3, -0.25) is 13.8 Å². The SMILES string of the molecule is Cc1ccc(S(=O)(=O)OCCn2ncc3c(-c4nc(N5CCOCC5)c5sc(CN6CCN(S(C)(=O)=O)CC6)cc5n4)cccc32)cc1. The van der Waals surface area contributed by atoms with E-state index in [9.17, 15) is 16.8 Å². The number of benzene rings is 2. The number of ether oxygens (including phenoxy) is 1. The van der Waals surface area contributed by atoms with Crippen LogP contribution in [0.5, 0.6) is 0 Å². The van der Waals surface area contributed by atoms with Gasteiger partial charge in [-0.15, -0.1) is 11.3 Å². The van der Waals surface area contributed by atoms with Gasteiger partial charge in [-0.1, -0.05) is 29.8 Å². The average Bonchev–Trinajstić information content (AvgIpc) is 3.68. The van der Waals surface area contributed by atoms with E-state index in [1.165, 1.54) is 10.6 Å². The molecule has 2 aromatic carbocycles. The minimum Gasteiger partial charge on any atom is -0.378 e. The van der Waals surface area contributed by atoms with Crippen molar-refractivity contribution in [2.75, 3.05) is 70.2 Å². The summed E-state index contributed by atoms with van der Waals surface area (Å²) >= 11 is 1.68. The minimum absolute atomic E-state index is 0.0676. The lowest BCUT2D eigenvalue weighted by atomic mass is 10.1. The number of piperazine rings is 1. The molecule has 48 heavy (non-hydrogen) atoms. The number of rotatable bonds is 10. The highest BCUT2D eigenvalue weighted by Gasteiger charge is 2.25. The molecule has 0 unspecified atom stereocenters. The van der Waals surface area contributed by atoms with Crippen LogP contribution >= 0.6 is 11.3 Å². The van der Waals surface area contributed by atoms with Crippen molar-refractivity contribution in [2.45, 2.75) is 24.9 Å². The van der Waals surface area contributed by atoms with E-state index in [-0.39, 0.29) is 18.0 Å². The number of morpholine rings is 1. The van der Waals surface area contributed by atoms with Gasteiger partial charge in [0.05, 0.1) is 59.4 Å². The lowest BCUT2D eigenvalue weighted by Gasteiger charge is -2.32. The summed E-state index contributed by atoms with van der Waals surface area (Å²) in [6.07, 6.45) is 3.02. The van der Waals surface area contributed by atoms with Gasteiger partial charge in [0.2, 0.25) is 10.0 Å². The Morgan fingerprint density at radius 1 is 0.938 bits per heavy atom. The molecule has 16 heteroatoms. The van der Waals surface area contributed by atoms with Gasteiger partial charge >= 0.3 is 0 Å². The molecule has 0 atom stereocenters. The van der Waals surface area contributed by atoms with E-state index >= 15 is 0 Å². The highest BCUT2D eigenvalue weighted by atomic mass is 32.2. The second kappa shape index (κ2) is 13.4. The molecule has 7 rings (SSSR count). The quantitative estimate of drug-likeness (QED) is 0.197. The predicted molar refractivity (Wildman–Crippen MR) is 185 cm³/mol. The second-order valence-electron chi connectivity index (χ2n) is 12.0. The van der Waals surface area contributed by atoms with Crippen LogP contribution in [0.1, 0.15) is 10.4 Å². The van der Waals surface area contributed by atoms with Crippen LogP contribution in [-0.2, 0) is 42.2 Å². The number of aromatic nitrogens is 4. The molecule has 2 aliphatic rings. The Bertz CT molecular complexity index is 2150. The summed E-state index contributed by atoms with van der Waals surface area (Å²) in [5.74, 6) is 1.45. The Hall–Kier alpha value is -3.51. The molecule has 2 saturated heterocycles. The first-order valence-corrected chi connectivity index (χ1v) is 19.8. The van der Waals surface area contributed by atoms with Gasteiger partial charge < -0.3 is 9.64 Å². The summed E-state index contributed by atoms with van der Waals surface area (Å²) in [5.41, 5.74) is 3.47. The Kier molecular flexibility index (Phi) is 9.23. The molecular formula is C32H37N7O6S3. The molecular weight excluding hydrogens is 675 g/mol. The summed E-state index contributed by atoms with van der Waals surface area (Å²) in [7, 11) is -7.08. The van der Waals surface area contributed by atoms with Gasteiger partial charge in [0.25, 0.3) is 10.1 Å². The third-order valence-corrected chi connectivity index (χ3v) is 12.4. The Balaban J connectivity index is 1.15. The largest absolute Gasteiger partial charge is 0.378 e. The average molecular weight is 712 g/mol. The van der Waals surface area contributed by atoms with Crippen LogP contribution in [0, 0.1) is 6.92 Å². The van der Waals surface area contributed by atoms with Crippen LogP contribution in [-0.4, -0.2) is 111 Å². The molecule has 2 fully saturated rings. The van der Waals surface area contributed by atoms with Gasteiger partial charge in [0.15, 0.2) is 11.6 Å². The van der Waals surface area contributed by atoms with Gasteiger partial charge in [0, 0.05) is 61.6 Å². The molecule has 254 valence electrons. The van der Waals surface area contributed by atoms with E-state index in [0.717, 1.165) is 56.0 Å². The lowest BCUT2D eigenvalue weighted by molar-refractivity contribution is 0.122. The van der Waals surface area contributed by atoms with Crippen molar-refractivity contribution in [3.63, 3.8) is 0 Å². The zero-order valence-corrected chi connectivity index (χ0v) is 29.2. The van der Waals surface area contributed by atoms with E-state index in [4.69, 9.17) is 18.9 Å². The van der Waals surface area contributed by atoms with Gasteiger partial charge in [-0.05, 0) is 31.2 Å². The van der Waals surface area contributed by atoms with Crippen molar-refractivity contribution < 1.29 is 25.8 Å². The molecule has 0 spiro atoms. The van der Waals surface area contributed by atoms with Crippen LogP contribution in [0.3, 0.4) is 0 Å². The Morgan fingerprint density at radius 2 is 1.69 bits per heavy atom. The number of thiophene rings is 1. The maximum Gasteiger partial charge on any atom is 0.297 e. The molecule has 0 bridgehead atoms. The summed E-state index contributed by atoms with van der Waals surface area (Å²) in [6.45, 7) is 7.77. The van der Waals surface area contributed by atoms with Crippen LogP contribution < -0.4 is 4.90 Å². The Labute approximate surface area is 283 Å². The third kappa shape index (κ3) is 6.96. The number of nitrogens with zero attached hydrogens (tertiary/aromatic N) is 7. The number of hydrogen-bond donors (Lipinski definition) is 0. The standard InChI is InChI=1S/C32H37N7O6S3/c1-23-6-8-25(9-7-23)48(42,43)45-19-16-39-29-5-3-4-26(27(29)21-33-39)31-34-28-20-24(22-36-10-12-38(13-11-36)47(2,40)41)46-30(28)32(35-31)37-14-17-44-18-15-37/h3-9,20-21H,10-19,22H2,1-2H3. The zero-order chi connectivity index (χ0) is 33.5. The van der Waals surface area contributed by atoms with Gasteiger partial charge in [-0.2, -0.15) is 17.8 Å². The molecule has 3 aromatic heterocycles. The third-order valence-electron chi connectivity index (χ3n) is 8.67. The van der Waals surface area contributed by atoms with Crippen molar-refractivity contribution in [1.82, 2.24) is 29.0 Å². The predicted octanol–water partition coefficient (Wildman–Crippen LogP) is 3.34. The first kappa shape index (κ1) is 33.0. The second-order valence-corrected chi connectivity index (χ2v) is 16.8. The fraction of sp³-hybridized carbons (Fsp3) is 0.406. The van der Waals surface area contributed by atoms with Crippen molar-refractivity contribution >= 4 is 58.4 Å². The minimum atomic E-state index is -3.89. The van der Waals surface area contributed by atoms with Crippen molar-refractivity contribution in [2.24, 2.45) is 0 Å². The van der Waals surface area contributed by atoms with Crippen LogP contribution in [0.25, 0.3) is 32.5 Å². The molecule has 0 aliphatic carbocycles. The van der Waals surface area contributed by atoms with E-state index < -0.39 is 20.1 Å². The summed E-state index contributed by atoms with van der Waals surface area (Å²) in [5, 5.41) is 5.42. The fourth-order valence-electron chi connectivity index (χ4n) is 6.07. The number of anilines is 1. The first-order chi connectivity index (χ1) is 23.0. The smallest absolute Gasteiger partial charge is 0.297 e. The fourth-order valence-corrected chi connectivity index (χ4v) is 8.96. The molecule has 0 saturated carbocycles. The molecule has 0 amide bonds. The lowest BCUT2D eigenvalue weighted by Crippen LogP contribution is -2.47.